The van der Waals surface area contributed by atoms with Crippen LogP contribution in [0.3, 0.4) is 0 Å². The van der Waals surface area contributed by atoms with Crippen LogP contribution < -0.4 is 5.32 Å². The van der Waals surface area contributed by atoms with E-state index in [9.17, 15) is 13.9 Å². The third kappa shape index (κ3) is 4.30. The highest BCUT2D eigenvalue weighted by Gasteiger charge is 2.10. The number of nitrogens with zero attached hydrogens (tertiary/aromatic N) is 2. The van der Waals surface area contributed by atoms with Gasteiger partial charge >= 0.3 is 0 Å². The second kappa shape index (κ2) is 6.65. The maximum atomic E-state index is 13.4. The summed E-state index contributed by atoms with van der Waals surface area (Å²) >= 11 is 1.26. The van der Waals surface area contributed by atoms with E-state index in [-0.39, 0.29) is 6.42 Å². The fourth-order valence-corrected chi connectivity index (χ4v) is 2.09. The smallest absolute Gasteiger partial charge is 0.129 e. The number of hydrogen-bond donors (Lipinski definition) is 2. The Balaban J connectivity index is 1.79. The van der Waals surface area contributed by atoms with Crippen molar-refractivity contribution in [2.45, 2.75) is 19.1 Å². The first-order valence-corrected chi connectivity index (χ1v) is 6.57. The predicted octanol–water partition coefficient (Wildman–Crippen LogP) is 1.51. The maximum Gasteiger partial charge on any atom is 0.129 e. The molecule has 0 aliphatic heterocycles. The van der Waals surface area contributed by atoms with Crippen molar-refractivity contribution in [1.82, 2.24) is 14.9 Å². The molecule has 1 aromatic heterocycles. The first kappa shape index (κ1) is 14.0. The number of aliphatic hydroxyl groups is 1. The average molecular weight is 285 g/mol. The zero-order valence-electron chi connectivity index (χ0n) is 10.0. The Hall–Kier alpha value is -1.44. The van der Waals surface area contributed by atoms with Gasteiger partial charge in [-0.05, 0) is 23.2 Å². The van der Waals surface area contributed by atoms with E-state index >= 15 is 0 Å². The van der Waals surface area contributed by atoms with E-state index < -0.39 is 17.7 Å². The molecule has 1 heterocycles. The standard InChI is InChI=1S/C12H13F2N3OS/c13-9-2-1-8(12(14)4-9)3-11(18)6-15-5-10-7-19-17-16-10/h1-2,4,7,11,15,18H,3,5-6H2. The summed E-state index contributed by atoms with van der Waals surface area (Å²) in [4.78, 5) is 0. The number of aliphatic hydroxyl groups excluding tert-OH is 1. The summed E-state index contributed by atoms with van der Waals surface area (Å²) in [6.07, 6.45) is -0.611. The first-order chi connectivity index (χ1) is 9.15. The lowest BCUT2D eigenvalue weighted by molar-refractivity contribution is 0.170. The monoisotopic (exact) mass is 285 g/mol. The van der Waals surface area contributed by atoms with Crippen LogP contribution in [0.15, 0.2) is 23.6 Å². The Morgan fingerprint density at radius 3 is 2.89 bits per heavy atom. The van der Waals surface area contributed by atoms with Crippen LogP contribution in [0, 0.1) is 11.6 Å². The summed E-state index contributed by atoms with van der Waals surface area (Å²) in [5, 5.41) is 18.4. The minimum atomic E-state index is -0.744. The molecule has 2 aromatic rings. The van der Waals surface area contributed by atoms with Crippen molar-refractivity contribution in [2.24, 2.45) is 0 Å². The van der Waals surface area contributed by atoms with Crippen molar-refractivity contribution in [1.29, 1.82) is 0 Å². The molecule has 0 fully saturated rings. The number of hydrogen-bond acceptors (Lipinski definition) is 5. The van der Waals surface area contributed by atoms with Crippen LogP contribution in [0.2, 0.25) is 0 Å². The van der Waals surface area contributed by atoms with Crippen LogP contribution in [0.4, 0.5) is 8.78 Å². The second-order valence-corrected chi connectivity index (χ2v) is 4.73. The average Bonchev–Trinajstić information content (AvgIpc) is 2.86. The van der Waals surface area contributed by atoms with Crippen LogP contribution >= 0.6 is 11.5 Å². The maximum absolute atomic E-state index is 13.4. The van der Waals surface area contributed by atoms with Gasteiger partial charge in [0.1, 0.15) is 11.6 Å². The highest BCUT2D eigenvalue weighted by molar-refractivity contribution is 7.03. The molecular formula is C12H13F2N3OS. The molecule has 0 saturated carbocycles. The van der Waals surface area contributed by atoms with Gasteiger partial charge in [-0.3, -0.25) is 0 Å². The van der Waals surface area contributed by atoms with Gasteiger partial charge in [-0.15, -0.1) is 5.10 Å². The van der Waals surface area contributed by atoms with Gasteiger partial charge in [0, 0.05) is 31.0 Å². The van der Waals surface area contributed by atoms with E-state index in [0.29, 0.717) is 18.7 Å². The van der Waals surface area contributed by atoms with E-state index in [1.54, 1.807) is 5.38 Å². The number of rotatable bonds is 6. The van der Waals surface area contributed by atoms with Crippen molar-refractivity contribution >= 4 is 11.5 Å². The lowest BCUT2D eigenvalue weighted by Crippen LogP contribution is -2.28. The number of nitrogens with one attached hydrogen (secondary N) is 1. The first-order valence-electron chi connectivity index (χ1n) is 5.74. The molecule has 7 heteroatoms. The SMILES string of the molecule is OC(CNCc1csnn1)Cc1ccc(F)cc1F. The summed E-state index contributed by atoms with van der Waals surface area (Å²) < 4.78 is 29.8. The molecule has 0 bridgehead atoms. The molecule has 2 N–H and O–H groups in total. The fourth-order valence-electron chi connectivity index (χ4n) is 1.64. The summed E-state index contributed by atoms with van der Waals surface area (Å²) in [5.74, 6) is -1.26. The van der Waals surface area contributed by atoms with Gasteiger partial charge < -0.3 is 10.4 Å². The van der Waals surface area contributed by atoms with Crippen molar-refractivity contribution in [2.75, 3.05) is 6.54 Å². The van der Waals surface area contributed by atoms with Gasteiger partial charge in [0.2, 0.25) is 0 Å². The van der Waals surface area contributed by atoms with E-state index in [1.807, 2.05) is 0 Å². The van der Waals surface area contributed by atoms with Crippen LogP contribution in [0.1, 0.15) is 11.3 Å². The Labute approximate surface area is 113 Å². The molecule has 2 rings (SSSR count). The lowest BCUT2D eigenvalue weighted by atomic mass is 10.1. The largest absolute Gasteiger partial charge is 0.391 e. The van der Waals surface area contributed by atoms with Gasteiger partial charge in [-0.25, -0.2) is 8.78 Å². The van der Waals surface area contributed by atoms with Gasteiger partial charge in [0.05, 0.1) is 11.8 Å². The second-order valence-electron chi connectivity index (χ2n) is 4.12. The minimum Gasteiger partial charge on any atom is -0.391 e. The molecule has 0 aliphatic carbocycles. The third-order valence-corrected chi connectivity index (χ3v) is 3.12. The molecule has 1 atom stereocenters. The van der Waals surface area contributed by atoms with Crippen LogP contribution in [0.25, 0.3) is 0 Å². The van der Waals surface area contributed by atoms with Crippen molar-refractivity contribution in [3.8, 4) is 0 Å². The topological polar surface area (TPSA) is 58.0 Å². The minimum absolute atomic E-state index is 0.133. The van der Waals surface area contributed by atoms with Crippen molar-refractivity contribution in [3.05, 3.63) is 46.5 Å². The van der Waals surface area contributed by atoms with Crippen molar-refractivity contribution in [3.63, 3.8) is 0 Å². The van der Waals surface area contributed by atoms with Gasteiger partial charge in [0.15, 0.2) is 0 Å². The quantitative estimate of drug-likeness (QED) is 0.844. The molecule has 0 saturated heterocycles. The van der Waals surface area contributed by atoms with E-state index in [4.69, 9.17) is 0 Å². The molecule has 4 nitrogen and oxygen atoms in total. The summed E-state index contributed by atoms with van der Waals surface area (Å²) in [7, 11) is 0. The molecule has 0 radical (unpaired) electrons. The summed E-state index contributed by atoms with van der Waals surface area (Å²) in [6.45, 7) is 0.799. The lowest BCUT2D eigenvalue weighted by Gasteiger charge is -2.11. The Kier molecular flexibility index (Phi) is 4.89. The van der Waals surface area contributed by atoms with Gasteiger partial charge in [0.25, 0.3) is 0 Å². The Morgan fingerprint density at radius 2 is 2.21 bits per heavy atom. The van der Waals surface area contributed by atoms with Crippen LogP contribution in [0.5, 0.6) is 0 Å². The molecule has 19 heavy (non-hydrogen) atoms. The van der Waals surface area contributed by atoms with Gasteiger partial charge in [-0.2, -0.15) is 0 Å². The third-order valence-electron chi connectivity index (χ3n) is 2.56. The molecule has 102 valence electrons. The highest BCUT2D eigenvalue weighted by Crippen LogP contribution is 2.11. The molecule has 0 aliphatic rings. The summed E-state index contributed by atoms with van der Waals surface area (Å²) in [5.41, 5.74) is 1.09. The van der Waals surface area contributed by atoms with E-state index in [0.717, 1.165) is 11.8 Å². The number of aromatic nitrogens is 2. The molecule has 1 unspecified atom stereocenters. The molecule has 1 aromatic carbocycles. The highest BCUT2D eigenvalue weighted by atomic mass is 32.1. The predicted molar refractivity (Wildman–Crippen MR) is 67.7 cm³/mol. The van der Waals surface area contributed by atoms with Gasteiger partial charge in [-0.1, -0.05) is 10.6 Å². The fraction of sp³-hybridized carbons (Fsp3) is 0.333. The van der Waals surface area contributed by atoms with Crippen LogP contribution in [-0.2, 0) is 13.0 Å². The Morgan fingerprint density at radius 1 is 1.37 bits per heavy atom. The number of halogens is 2. The van der Waals surface area contributed by atoms with Crippen molar-refractivity contribution < 1.29 is 13.9 Å². The normalized spacial score (nSPS) is 12.6. The zero-order chi connectivity index (χ0) is 13.7. The van der Waals surface area contributed by atoms with Crippen LogP contribution in [-0.4, -0.2) is 27.3 Å². The molecule has 0 spiro atoms. The molecule has 0 amide bonds. The molecular weight excluding hydrogens is 272 g/mol. The Bertz CT molecular complexity index is 522. The van der Waals surface area contributed by atoms with E-state index in [1.165, 1.54) is 23.7 Å². The summed E-state index contributed by atoms with van der Waals surface area (Å²) in [6, 6.07) is 3.34. The van der Waals surface area contributed by atoms with E-state index in [2.05, 4.69) is 14.9 Å². The number of benzene rings is 1. The zero-order valence-corrected chi connectivity index (χ0v) is 10.8.